The van der Waals surface area contributed by atoms with Crippen molar-refractivity contribution in [1.29, 1.82) is 5.26 Å². The minimum atomic E-state index is -2.52. The van der Waals surface area contributed by atoms with Gasteiger partial charge >= 0.3 is 0 Å². The lowest BCUT2D eigenvalue weighted by atomic mass is 10.1. The van der Waals surface area contributed by atoms with Crippen LogP contribution in [-0.4, -0.2) is 26.6 Å². The Hall–Kier alpha value is -2.71. The second-order valence-corrected chi connectivity index (χ2v) is 14.5. The molecular weight excluding hydrogens is 446 g/mol. The van der Waals surface area contributed by atoms with E-state index in [-0.39, 0.29) is 11.6 Å². The Morgan fingerprint density at radius 1 is 0.857 bits per heavy atom. The second-order valence-electron chi connectivity index (χ2n) is 10.2. The van der Waals surface area contributed by atoms with Gasteiger partial charge in [-0.05, 0) is 54.9 Å². The first-order chi connectivity index (χ1) is 16.7. The number of nitriles is 1. The first kappa shape index (κ1) is 28.5. The smallest absolute Gasteiger partial charge is 0.261 e. The molecule has 0 aliphatic carbocycles. The van der Waals surface area contributed by atoms with Gasteiger partial charge in [0, 0.05) is 5.57 Å². The standard InChI is InChI=1S/C31H41NO2Si/c1-26(14-12-16-28(24-32)17-13-15-27(2)25-33)22-23-34-35(31(3,4)5,29-18-8-6-9-19-29)30-20-10-7-11-21-30/h6-11,15-16,18-22,33H,12-14,17,23,25H2,1-5H3/b26-22+,27-15+,28-16-. The van der Waals surface area contributed by atoms with Crippen LogP contribution in [0, 0.1) is 11.3 Å². The van der Waals surface area contributed by atoms with E-state index in [0.717, 1.165) is 30.4 Å². The maximum Gasteiger partial charge on any atom is 0.261 e. The summed E-state index contributed by atoms with van der Waals surface area (Å²) in [6.07, 6.45) is 9.49. The summed E-state index contributed by atoms with van der Waals surface area (Å²) in [5.41, 5.74) is 3.03. The molecule has 0 spiro atoms. The fourth-order valence-electron chi connectivity index (χ4n) is 4.39. The third-order valence-electron chi connectivity index (χ3n) is 6.38. The van der Waals surface area contributed by atoms with Crippen LogP contribution in [0.3, 0.4) is 0 Å². The molecule has 2 rings (SSSR count). The van der Waals surface area contributed by atoms with E-state index in [1.165, 1.54) is 15.9 Å². The number of hydrogen-bond acceptors (Lipinski definition) is 3. The summed E-state index contributed by atoms with van der Waals surface area (Å²) >= 11 is 0. The third kappa shape index (κ3) is 8.18. The largest absolute Gasteiger partial charge is 0.404 e. The average Bonchev–Trinajstić information content (AvgIpc) is 2.85. The summed E-state index contributed by atoms with van der Waals surface area (Å²) in [7, 11) is -2.52. The van der Waals surface area contributed by atoms with Crippen molar-refractivity contribution >= 4 is 18.7 Å². The Morgan fingerprint density at radius 3 is 1.89 bits per heavy atom. The molecule has 0 radical (unpaired) electrons. The normalized spacial score (nSPS) is 13.6. The molecule has 0 amide bonds. The molecule has 0 saturated heterocycles. The highest BCUT2D eigenvalue weighted by atomic mass is 28.4. The van der Waals surface area contributed by atoms with Crippen LogP contribution in [0.15, 0.2) is 95.6 Å². The van der Waals surface area contributed by atoms with Crippen LogP contribution in [0.1, 0.15) is 60.3 Å². The molecule has 0 fully saturated rings. The molecule has 3 nitrogen and oxygen atoms in total. The fourth-order valence-corrected chi connectivity index (χ4v) is 8.88. The molecule has 186 valence electrons. The van der Waals surface area contributed by atoms with Gasteiger partial charge in [0.15, 0.2) is 0 Å². The topological polar surface area (TPSA) is 53.2 Å². The molecular formula is C31H41NO2Si. The number of aliphatic hydroxyl groups is 1. The lowest BCUT2D eigenvalue weighted by Crippen LogP contribution is -2.66. The Labute approximate surface area is 213 Å². The van der Waals surface area contributed by atoms with Gasteiger partial charge in [0.05, 0.1) is 19.3 Å². The van der Waals surface area contributed by atoms with Gasteiger partial charge < -0.3 is 9.53 Å². The molecule has 35 heavy (non-hydrogen) atoms. The minimum Gasteiger partial charge on any atom is -0.404 e. The summed E-state index contributed by atoms with van der Waals surface area (Å²) < 4.78 is 6.94. The summed E-state index contributed by atoms with van der Waals surface area (Å²) in [5.74, 6) is 0. The lowest BCUT2D eigenvalue weighted by molar-refractivity contribution is 0.331. The van der Waals surface area contributed by atoms with Crippen molar-refractivity contribution in [2.45, 2.75) is 65.3 Å². The van der Waals surface area contributed by atoms with Crippen LogP contribution in [0.25, 0.3) is 0 Å². The van der Waals surface area contributed by atoms with Gasteiger partial charge in [-0.1, -0.05) is 111 Å². The van der Waals surface area contributed by atoms with Crippen molar-refractivity contribution in [3.8, 4) is 6.07 Å². The van der Waals surface area contributed by atoms with Crippen LogP contribution in [0.4, 0.5) is 0 Å². The van der Waals surface area contributed by atoms with E-state index < -0.39 is 8.32 Å². The third-order valence-corrected chi connectivity index (χ3v) is 11.4. The van der Waals surface area contributed by atoms with Crippen LogP contribution in [-0.2, 0) is 4.43 Å². The first-order valence-corrected chi connectivity index (χ1v) is 14.4. The molecule has 2 aromatic carbocycles. The molecule has 2 aromatic rings. The van der Waals surface area contributed by atoms with Crippen LogP contribution in [0.5, 0.6) is 0 Å². The summed E-state index contributed by atoms with van der Waals surface area (Å²) in [6.45, 7) is 11.6. The minimum absolute atomic E-state index is 0.0370. The van der Waals surface area contributed by atoms with Gasteiger partial charge in [0.2, 0.25) is 0 Å². The predicted octanol–water partition coefficient (Wildman–Crippen LogP) is 6.46. The van der Waals surface area contributed by atoms with E-state index >= 15 is 0 Å². The van der Waals surface area contributed by atoms with Crippen LogP contribution >= 0.6 is 0 Å². The summed E-state index contributed by atoms with van der Waals surface area (Å²) in [6, 6.07) is 23.7. The Kier molecular flexibility index (Phi) is 11.4. The number of allylic oxidation sites excluding steroid dienone is 4. The molecule has 0 aromatic heterocycles. The van der Waals surface area contributed by atoms with Crippen LogP contribution < -0.4 is 10.4 Å². The molecule has 0 saturated carbocycles. The van der Waals surface area contributed by atoms with Crippen molar-refractivity contribution in [3.05, 3.63) is 95.6 Å². The second kappa shape index (κ2) is 14.0. The number of hydrogen-bond donors (Lipinski definition) is 1. The quantitative estimate of drug-likeness (QED) is 0.212. The zero-order chi connectivity index (χ0) is 25.7. The molecule has 0 unspecified atom stereocenters. The van der Waals surface area contributed by atoms with E-state index in [1.54, 1.807) is 0 Å². The average molecular weight is 488 g/mol. The van der Waals surface area contributed by atoms with Gasteiger partial charge in [-0.15, -0.1) is 0 Å². The summed E-state index contributed by atoms with van der Waals surface area (Å²) in [4.78, 5) is 0. The highest BCUT2D eigenvalue weighted by molar-refractivity contribution is 6.99. The van der Waals surface area contributed by atoms with E-state index in [1.807, 2.05) is 19.1 Å². The highest BCUT2D eigenvalue weighted by Gasteiger charge is 2.49. The molecule has 0 aliphatic rings. The maximum absolute atomic E-state index is 9.42. The molecule has 0 aliphatic heterocycles. The number of aliphatic hydroxyl groups excluding tert-OH is 1. The van der Waals surface area contributed by atoms with Gasteiger partial charge in [0.1, 0.15) is 0 Å². The van der Waals surface area contributed by atoms with E-state index in [9.17, 15) is 5.26 Å². The fraction of sp³-hybridized carbons (Fsp3) is 0.387. The monoisotopic (exact) mass is 487 g/mol. The van der Waals surface area contributed by atoms with Crippen molar-refractivity contribution in [2.75, 3.05) is 13.2 Å². The van der Waals surface area contributed by atoms with Gasteiger partial charge in [0.25, 0.3) is 8.32 Å². The molecule has 4 heteroatoms. The van der Waals surface area contributed by atoms with Crippen molar-refractivity contribution in [2.24, 2.45) is 0 Å². The Morgan fingerprint density at radius 2 is 1.40 bits per heavy atom. The van der Waals surface area contributed by atoms with Gasteiger partial charge in [-0.25, -0.2) is 0 Å². The first-order valence-electron chi connectivity index (χ1n) is 12.5. The zero-order valence-corrected chi connectivity index (χ0v) is 23.1. The van der Waals surface area contributed by atoms with Gasteiger partial charge in [-0.2, -0.15) is 5.26 Å². The number of rotatable bonds is 12. The molecule has 0 atom stereocenters. The SMILES string of the molecule is C/C(=C\CC/C(C#N)=C/CC/C(C)=C/CO[Si](c1ccccc1)(c1ccccc1)C(C)(C)C)CO. The predicted molar refractivity (Wildman–Crippen MR) is 150 cm³/mol. The summed E-state index contributed by atoms with van der Waals surface area (Å²) in [5, 5.41) is 21.1. The number of benzene rings is 2. The van der Waals surface area contributed by atoms with E-state index in [2.05, 4.69) is 101 Å². The highest BCUT2D eigenvalue weighted by Crippen LogP contribution is 2.36. The zero-order valence-electron chi connectivity index (χ0n) is 22.1. The van der Waals surface area contributed by atoms with Crippen molar-refractivity contribution in [1.82, 2.24) is 0 Å². The molecule has 1 N–H and O–H groups in total. The van der Waals surface area contributed by atoms with Crippen molar-refractivity contribution in [3.63, 3.8) is 0 Å². The Balaban J connectivity index is 2.13. The molecule has 0 heterocycles. The maximum atomic E-state index is 9.42. The van der Waals surface area contributed by atoms with E-state index in [0.29, 0.717) is 13.0 Å². The van der Waals surface area contributed by atoms with Crippen molar-refractivity contribution < 1.29 is 9.53 Å². The Bertz CT molecular complexity index is 1000. The lowest BCUT2D eigenvalue weighted by Gasteiger charge is -2.42. The number of nitrogens with zero attached hydrogens (tertiary/aromatic N) is 1. The van der Waals surface area contributed by atoms with Gasteiger partial charge in [-0.3, -0.25) is 0 Å². The van der Waals surface area contributed by atoms with E-state index in [4.69, 9.17) is 9.53 Å². The van der Waals surface area contributed by atoms with Crippen LogP contribution in [0.2, 0.25) is 5.04 Å². The molecule has 0 bridgehead atoms.